The quantitative estimate of drug-likeness (QED) is 0.515. The second kappa shape index (κ2) is 7.62. The van der Waals surface area contributed by atoms with E-state index in [-0.39, 0.29) is 29.7 Å². The van der Waals surface area contributed by atoms with Gasteiger partial charge in [0.15, 0.2) is 0 Å². The third kappa shape index (κ3) is 3.76. The van der Waals surface area contributed by atoms with E-state index in [2.05, 4.69) is 4.98 Å². The van der Waals surface area contributed by atoms with Crippen molar-refractivity contribution < 1.29 is 13.2 Å². The molecule has 2 aromatic heterocycles. The van der Waals surface area contributed by atoms with E-state index in [0.717, 1.165) is 22.3 Å². The standard InChI is InChI=1S/C22H16F3N3O2/c23-22(24,25)17-9-4-8-16(12-17)14-27-19-18(10-5-11-26-19)20(29)28(21(27)30)13-15-6-2-1-3-7-15/h1-12H,13-14H2. The summed E-state index contributed by atoms with van der Waals surface area (Å²) < 4.78 is 41.5. The lowest BCUT2D eigenvalue weighted by Crippen LogP contribution is -2.40. The summed E-state index contributed by atoms with van der Waals surface area (Å²) >= 11 is 0. The van der Waals surface area contributed by atoms with Gasteiger partial charge in [-0.15, -0.1) is 0 Å². The highest BCUT2D eigenvalue weighted by molar-refractivity contribution is 5.73. The molecule has 0 saturated heterocycles. The van der Waals surface area contributed by atoms with Crippen LogP contribution in [0.5, 0.6) is 0 Å². The Balaban J connectivity index is 1.87. The van der Waals surface area contributed by atoms with Gasteiger partial charge in [0.2, 0.25) is 0 Å². The maximum atomic E-state index is 13.2. The van der Waals surface area contributed by atoms with Crippen molar-refractivity contribution in [3.63, 3.8) is 0 Å². The second-order valence-electron chi connectivity index (χ2n) is 6.82. The maximum Gasteiger partial charge on any atom is 0.416 e. The molecule has 0 aliphatic rings. The number of hydrogen-bond donors (Lipinski definition) is 0. The summed E-state index contributed by atoms with van der Waals surface area (Å²) in [5.41, 5.74) is -0.758. The first-order valence-electron chi connectivity index (χ1n) is 9.13. The van der Waals surface area contributed by atoms with Crippen molar-refractivity contribution in [3.8, 4) is 0 Å². The number of rotatable bonds is 4. The monoisotopic (exact) mass is 411 g/mol. The Kier molecular flexibility index (Phi) is 4.99. The second-order valence-corrected chi connectivity index (χ2v) is 6.82. The number of benzene rings is 2. The fourth-order valence-corrected chi connectivity index (χ4v) is 3.32. The lowest BCUT2D eigenvalue weighted by molar-refractivity contribution is -0.137. The van der Waals surface area contributed by atoms with Crippen LogP contribution in [-0.4, -0.2) is 14.1 Å². The van der Waals surface area contributed by atoms with Crippen molar-refractivity contribution in [2.75, 3.05) is 0 Å². The number of aromatic nitrogens is 3. The molecule has 2 aromatic carbocycles. The van der Waals surface area contributed by atoms with E-state index in [4.69, 9.17) is 0 Å². The molecule has 0 fully saturated rings. The number of fused-ring (bicyclic) bond motifs is 1. The summed E-state index contributed by atoms with van der Waals surface area (Å²) in [7, 11) is 0. The highest BCUT2D eigenvalue weighted by atomic mass is 19.4. The van der Waals surface area contributed by atoms with Crippen molar-refractivity contribution in [2.45, 2.75) is 19.3 Å². The van der Waals surface area contributed by atoms with E-state index in [0.29, 0.717) is 0 Å². The molecule has 0 N–H and O–H groups in total. The van der Waals surface area contributed by atoms with E-state index >= 15 is 0 Å². The Morgan fingerprint density at radius 2 is 1.50 bits per heavy atom. The molecule has 152 valence electrons. The summed E-state index contributed by atoms with van der Waals surface area (Å²) in [6.07, 6.45) is -3.06. The van der Waals surface area contributed by atoms with Crippen molar-refractivity contribution in [1.82, 2.24) is 14.1 Å². The van der Waals surface area contributed by atoms with Crippen molar-refractivity contribution in [3.05, 3.63) is 110 Å². The SMILES string of the molecule is O=c1c2cccnc2n(Cc2cccc(C(F)(F)F)c2)c(=O)n1Cc1ccccc1. The Labute approximate surface area is 168 Å². The topological polar surface area (TPSA) is 56.9 Å². The fraction of sp³-hybridized carbons (Fsp3) is 0.136. The summed E-state index contributed by atoms with van der Waals surface area (Å²) in [6, 6.07) is 16.9. The van der Waals surface area contributed by atoms with E-state index in [1.807, 2.05) is 6.07 Å². The zero-order valence-electron chi connectivity index (χ0n) is 15.6. The van der Waals surface area contributed by atoms with Gasteiger partial charge in [-0.2, -0.15) is 13.2 Å². The molecule has 0 bridgehead atoms. The lowest BCUT2D eigenvalue weighted by atomic mass is 10.1. The Bertz CT molecular complexity index is 1330. The van der Waals surface area contributed by atoms with Gasteiger partial charge in [0.25, 0.3) is 5.56 Å². The summed E-state index contributed by atoms with van der Waals surface area (Å²) in [6.45, 7) is -0.0999. The average molecular weight is 411 g/mol. The first kappa shape index (κ1) is 19.6. The van der Waals surface area contributed by atoms with E-state index < -0.39 is 23.0 Å². The van der Waals surface area contributed by atoms with Gasteiger partial charge < -0.3 is 0 Å². The van der Waals surface area contributed by atoms with Gasteiger partial charge in [-0.25, -0.2) is 9.78 Å². The molecular weight excluding hydrogens is 395 g/mol. The Morgan fingerprint density at radius 3 is 2.23 bits per heavy atom. The molecule has 0 radical (unpaired) electrons. The number of halogens is 3. The number of alkyl halides is 3. The van der Waals surface area contributed by atoms with Gasteiger partial charge in [-0.1, -0.05) is 42.5 Å². The minimum Gasteiger partial charge on any atom is -0.273 e. The van der Waals surface area contributed by atoms with Crippen LogP contribution in [-0.2, 0) is 19.3 Å². The Hall–Kier alpha value is -3.68. The first-order valence-corrected chi connectivity index (χ1v) is 9.13. The van der Waals surface area contributed by atoms with Gasteiger partial charge in [0.1, 0.15) is 5.65 Å². The molecule has 8 heteroatoms. The molecule has 0 unspecified atom stereocenters. The molecule has 4 aromatic rings. The highest BCUT2D eigenvalue weighted by Crippen LogP contribution is 2.29. The van der Waals surface area contributed by atoms with Crippen LogP contribution in [0.1, 0.15) is 16.7 Å². The van der Waals surface area contributed by atoms with Crippen LogP contribution >= 0.6 is 0 Å². The first-order chi connectivity index (χ1) is 14.3. The van der Waals surface area contributed by atoms with Gasteiger partial charge in [0.05, 0.1) is 24.0 Å². The maximum absolute atomic E-state index is 13.2. The third-order valence-corrected chi connectivity index (χ3v) is 4.76. The zero-order valence-corrected chi connectivity index (χ0v) is 15.6. The predicted molar refractivity (Wildman–Crippen MR) is 106 cm³/mol. The van der Waals surface area contributed by atoms with Gasteiger partial charge in [-0.3, -0.25) is 13.9 Å². The fourth-order valence-electron chi connectivity index (χ4n) is 3.32. The Morgan fingerprint density at radius 1 is 0.800 bits per heavy atom. The molecule has 0 saturated carbocycles. The zero-order chi connectivity index (χ0) is 21.3. The summed E-state index contributed by atoms with van der Waals surface area (Å²) in [5, 5.41) is 0.222. The van der Waals surface area contributed by atoms with E-state index in [9.17, 15) is 22.8 Å². The van der Waals surface area contributed by atoms with Gasteiger partial charge in [0, 0.05) is 6.20 Å². The van der Waals surface area contributed by atoms with Crippen LogP contribution < -0.4 is 11.2 Å². The van der Waals surface area contributed by atoms with Crippen LogP contribution in [0.25, 0.3) is 11.0 Å². The minimum absolute atomic E-state index is 0.0476. The summed E-state index contributed by atoms with van der Waals surface area (Å²) in [5.74, 6) is 0. The molecule has 0 aliphatic carbocycles. The molecule has 0 spiro atoms. The molecule has 2 heterocycles. The van der Waals surface area contributed by atoms with Crippen LogP contribution in [0.4, 0.5) is 13.2 Å². The highest BCUT2D eigenvalue weighted by Gasteiger charge is 2.30. The van der Waals surface area contributed by atoms with Crippen LogP contribution in [0.3, 0.4) is 0 Å². The minimum atomic E-state index is -4.49. The lowest BCUT2D eigenvalue weighted by Gasteiger charge is -2.14. The number of hydrogen-bond acceptors (Lipinski definition) is 3. The molecule has 30 heavy (non-hydrogen) atoms. The van der Waals surface area contributed by atoms with E-state index in [1.165, 1.54) is 22.9 Å². The van der Waals surface area contributed by atoms with Crippen LogP contribution in [0, 0.1) is 0 Å². The van der Waals surface area contributed by atoms with Crippen LogP contribution in [0.2, 0.25) is 0 Å². The third-order valence-electron chi connectivity index (χ3n) is 4.76. The molecule has 4 rings (SSSR count). The van der Waals surface area contributed by atoms with Crippen molar-refractivity contribution >= 4 is 11.0 Å². The average Bonchev–Trinajstić information content (AvgIpc) is 2.74. The number of nitrogens with zero attached hydrogens (tertiary/aromatic N) is 3. The van der Waals surface area contributed by atoms with Crippen molar-refractivity contribution in [1.29, 1.82) is 0 Å². The van der Waals surface area contributed by atoms with Crippen LogP contribution in [0.15, 0.2) is 82.5 Å². The summed E-state index contributed by atoms with van der Waals surface area (Å²) in [4.78, 5) is 30.2. The van der Waals surface area contributed by atoms with E-state index in [1.54, 1.807) is 36.4 Å². The molecular formula is C22H16F3N3O2. The van der Waals surface area contributed by atoms with Crippen molar-refractivity contribution in [2.24, 2.45) is 0 Å². The molecule has 5 nitrogen and oxygen atoms in total. The smallest absolute Gasteiger partial charge is 0.273 e. The number of pyridine rings is 1. The molecule has 0 atom stereocenters. The largest absolute Gasteiger partial charge is 0.416 e. The molecule has 0 amide bonds. The normalized spacial score (nSPS) is 11.7. The van der Waals surface area contributed by atoms with Gasteiger partial charge >= 0.3 is 11.9 Å². The van der Waals surface area contributed by atoms with Gasteiger partial charge in [-0.05, 0) is 35.4 Å². The predicted octanol–water partition coefficient (Wildman–Crippen LogP) is 3.67. The molecule has 0 aliphatic heterocycles.